The van der Waals surface area contributed by atoms with E-state index < -0.39 is 0 Å². The molecule has 1 aromatic heterocycles. The third-order valence-corrected chi connectivity index (χ3v) is 4.97. The van der Waals surface area contributed by atoms with Crippen LogP contribution in [0.5, 0.6) is 0 Å². The van der Waals surface area contributed by atoms with Crippen molar-refractivity contribution in [2.45, 2.75) is 12.8 Å². The molecule has 0 saturated heterocycles. The molecule has 0 bridgehead atoms. The highest BCUT2D eigenvalue weighted by atomic mass is 32.1. The largest absolute Gasteiger partial charge is 0.241 e. The van der Waals surface area contributed by atoms with Gasteiger partial charge in [0.2, 0.25) is 0 Å². The number of aromatic nitrogens is 1. The van der Waals surface area contributed by atoms with Gasteiger partial charge in [-0.15, -0.1) is 11.3 Å². The van der Waals surface area contributed by atoms with Crippen LogP contribution < -0.4 is 0 Å². The summed E-state index contributed by atoms with van der Waals surface area (Å²) in [5.74, 6) is 0. The van der Waals surface area contributed by atoms with Gasteiger partial charge in [0, 0.05) is 6.42 Å². The third kappa shape index (κ3) is 3.33. The number of para-hydroxylation sites is 1. The van der Waals surface area contributed by atoms with Gasteiger partial charge in [-0.3, -0.25) is 0 Å². The first-order chi connectivity index (χ1) is 11.4. The molecule has 4 rings (SSSR count). The molecule has 0 saturated carbocycles. The first kappa shape index (κ1) is 14.2. The van der Waals surface area contributed by atoms with Crippen molar-refractivity contribution in [3.63, 3.8) is 0 Å². The predicted octanol–water partition coefficient (Wildman–Crippen LogP) is 5.48. The van der Waals surface area contributed by atoms with E-state index in [1.54, 1.807) is 11.3 Å². The Hall–Kier alpha value is -2.45. The fourth-order valence-electron chi connectivity index (χ4n) is 2.85. The maximum Gasteiger partial charge on any atom is 0.0982 e. The van der Waals surface area contributed by atoms with E-state index >= 15 is 0 Å². The SMILES string of the molecule is c1ccc(Cc2cccc(Cc3nc4ccccc4s3)c2)cc1. The van der Waals surface area contributed by atoms with Crippen molar-refractivity contribution in [3.8, 4) is 0 Å². The fraction of sp³-hybridized carbons (Fsp3) is 0.0952. The molecule has 0 unspecified atom stereocenters. The van der Waals surface area contributed by atoms with Crippen molar-refractivity contribution >= 4 is 21.6 Å². The van der Waals surface area contributed by atoms with E-state index in [4.69, 9.17) is 4.98 Å². The molecule has 0 aliphatic rings. The predicted molar refractivity (Wildman–Crippen MR) is 98.1 cm³/mol. The Labute approximate surface area is 140 Å². The summed E-state index contributed by atoms with van der Waals surface area (Å²) in [6.07, 6.45) is 1.89. The van der Waals surface area contributed by atoms with E-state index in [1.165, 1.54) is 26.4 Å². The average Bonchev–Trinajstić information content (AvgIpc) is 2.98. The van der Waals surface area contributed by atoms with Gasteiger partial charge in [-0.25, -0.2) is 4.98 Å². The number of hydrogen-bond donors (Lipinski definition) is 0. The van der Waals surface area contributed by atoms with Crippen molar-refractivity contribution in [2.75, 3.05) is 0 Å². The molecule has 0 fully saturated rings. The van der Waals surface area contributed by atoms with E-state index in [2.05, 4.69) is 72.8 Å². The summed E-state index contributed by atoms with van der Waals surface area (Å²) in [6.45, 7) is 0. The molecule has 0 atom stereocenters. The lowest BCUT2D eigenvalue weighted by Gasteiger charge is -2.04. The molecule has 2 heteroatoms. The smallest absolute Gasteiger partial charge is 0.0982 e. The number of thiazole rings is 1. The van der Waals surface area contributed by atoms with Crippen LogP contribution in [-0.4, -0.2) is 4.98 Å². The highest BCUT2D eigenvalue weighted by Gasteiger charge is 2.05. The van der Waals surface area contributed by atoms with Gasteiger partial charge < -0.3 is 0 Å². The second-order valence-corrected chi connectivity index (χ2v) is 6.85. The first-order valence-electron chi connectivity index (χ1n) is 7.83. The van der Waals surface area contributed by atoms with Crippen LogP contribution in [0.15, 0.2) is 78.9 Å². The van der Waals surface area contributed by atoms with Crippen molar-refractivity contribution in [3.05, 3.63) is 101 Å². The van der Waals surface area contributed by atoms with Gasteiger partial charge >= 0.3 is 0 Å². The van der Waals surface area contributed by atoms with Gasteiger partial charge in [-0.05, 0) is 35.2 Å². The summed E-state index contributed by atoms with van der Waals surface area (Å²) in [6, 6.07) is 27.8. The Morgan fingerprint density at radius 1 is 0.652 bits per heavy atom. The van der Waals surface area contributed by atoms with Crippen LogP contribution in [0.2, 0.25) is 0 Å². The zero-order chi connectivity index (χ0) is 15.5. The van der Waals surface area contributed by atoms with Crippen LogP contribution in [0.4, 0.5) is 0 Å². The van der Waals surface area contributed by atoms with Crippen LogP contribution in [0.3, 0.4) is 0 Å². The van der Waals surface area contributed by atoms with Crippen molar-refractivity contribution in [1.29, 1.82) is 0 Å². The molecule has 112 valence electrons. The maximum atomic E-state index is 4.74. The van der Waals surface area contributed by atoms with Gasteiger partial charge in [-0.1, -0.05) is 66.7 Å². The Kier molecular flexibility index (Phi) is 3.91. The molecule has 1 heterocycles. The summed E-state index contributed by atoms with van der Waals surface area (Å²) < 4.78 is 1.27. The van der Waals surface area contributed by atoms with E-state index in [1.807, 2.05) is 6.07 Å². The van der Waals surface area contributed by atoms with Crippen LogP contribution in [0.1, 0.15) is 21.7 Å². The van der Waals surface area contributed by atoms with Gasteiger partial charge in [0.25, 0.3) is 0 Å². The fourth-order valence-corrected chi connectivity index (χ4v) is 3.85. The molecule has 0 amide bonds. The molecule has 0 spiro atoms. The molecule has 3 aromatic carbocycles. The number of nitrogens with zero attached hydrogens (tertiary/aromatic N) is 1. The lowest BCUT2D eigenvalue weighted by atomic mass is 10.0. The number of fused-ring (bicyclic) bond motifs is 1. The normalized spacial score (nSPS) is 11.0. The molecule has 1 nitrogen and oxygen atoms in total. The first-order valence-corrected chi connectivity index (χ1v) is 8.65. The van der Waals surface area contributed by atoms with Crippen molar-refractivity contribution in [1.82, 2.24) is 4.98 Å². The summed E-state index contributed by atoms with van der Waals surface area (Å²) >= 11 is 1.79. The van der Waals surface area contributed by atoms with E-state index in [0.29, 0.717) is 0 Å². The average molecular weight is 315 g/mol. The summed E-state index contributed by atoms with van der Waals surface area (Å²) in [7, 11) is 0. The monoisotopic (exact) mass is 315 g/mol. The van der Waals surface area contributed by atoms with Crippen molar-refractivity contribution < 1.29 is 0 Å². The lowest BCUT2D eigenvalue weighted by molar-refractivity contribution is 1.12. The van der Waals surface area contributed by atoms with Crippen LogP contribution in [0, 0.1) is 0 Å². The second kappa shape index (κ2) is 6.35. The Morgan fingerprint density at radius 2 is 1.35 bits per heavy atom. The highest BCUT2D eigenvalue weighted by Crippen LogP contribution is 2.24. The molecular formula is C21H17NS. The van der Waals surface area contributed by atoms with E-state index in [0.717, 1.165) is 18.4 Å². The Morgan fingerprint density at radius 3 is 2.17 bits per heavy atom. The lowest BCUT2D eigenvalue weighted by Crippen LogP contribution is -1.92. The number of hydrogen-bond acceptors (Lipinski definition) is 2. The maximum absolute atomic E-state index is 4.74. The summed E-state index contributed by atoms with van der Waals surface area (Å²) in [5, 5.41) is 1.18. The van der Waals surface area contributed by atoms with Gasteiger partial charge in [0.15, 0.2) is 0 Å². The highest BCUT2D eigenvalue weighted by molar-refractivity contribution is 7.18. The number of rotatable bonds is 4. The Bertz CT molecular complexity index is 892. The van der Waals surface area contributed by atoms with Gasteiger partial charge in [0.1, 0.15) is 0 Å². The van der Waals surface area contributed by atoms with Crippen LogP contribution >= 0.6 is 11.3 Å². The zero-order valence-corrected chi connectivity index (χ0v) is 13.6. The molecule has 4 aromatic rings. The molecule has 0 aliphatic carbocycles. The molecule has 23 heavy (non-hydrogen) atoms. The third-order valence-electron chi connectivity index (χ3n) is 3.94. The summed E-state index contributed by atoms with van der Waals surface area (Å²) in [5.41, 5.74) is 5.14. The van der Waals surface area contributed by atoms with Gasteiger partial charge in [0.05, 0.1) is 15.2 Å². The quantitative estimate of drug-likeness (QED) is 0.486. The molecular weight excluding hydrogens is 298 g/mol. The molecule has 0 aliphatic heterocycles. The van der Waals surface area contributed by atoms with Crippen LogP contribution in [0.25, 0.3) is 10.2 Å². The van der Waals surface area contributed by atoms with Crippen molar-refractivity contribution in [2.24, 2.45) is 0 Å². The van der Waals surface area contributed by atoms with Crippen LogP contribution in [-0.2, 0) is 12.8 Å². The number of benzene rings is 3. The minimum atomic E-state index is 0.905. The Balaban J connectivity index is 1.56. The van der Waals surface area contributed by atoms with Gasteiger partial charge in [-0.2, -0.15) is 0 Å². The standard InChI is InChI=1S/C21H17NS/c1-2-7-16(8-3-1)13-17-9-6-10-18(14-17)15-21-22-19-11-4-5-12-20(19)23-21/h1-12,14H,13,15H2. The topological polar surface area (TPSA) is 12.9 Å². The molecule has 0 N–H and O–H groups in total. The molecule has 0 radical (unpaired) electrons. The zero-order valence-electron chi connectivity index (χ0n) is 12.8. The minimum Gasteiger partial charge on any atom is -0.241 e. The van der Waals surface area contributed by atoms with E-state index in [9.17, 15) is 0 Å². The second-order valence-electron chi connectivity index (χ2n) is 5.73. The van der Waals surface area contributed by atoms with E-state index in [-0.39, 0.29) is 0 Å². The minimum absolute atomic E-state index is 0.905. The summed E-state index contributed by atoms with van der Waals surface area (Å²) in [4.78, 5) is 4.74.